The zero-order chi connectivity index (χ0) is 26.6. The van der Waals surface area contributed by atoms with E-state index in [1.165, 1.54) is 6.07 Å². The van der Waals surface area contributed by atoms with Gasteiger partial charge in [-0.05, 0) is 71.7 Å². The Morgan fingerprint density at radius 1 is 1.08 bits per heavy atom. The number of hydrogen-bond donors (Lipinski definition) is 0. The van der Waals surface area contributed by atoms with Gasteiger partial charge >= 0.3 is 5.97 Å². The Balaban J connectivity index is 1.40. The minimum atomic E-state index is -0.303. The average Bonchev–Trinajstić information content (AvgIpc) is 2.93. The van der Waals surface area contributed by atoms with Crippen LogP contribution in [0.15, 0.2) is 54.6 Å². The Kier molecular flexibility index (Phi) is 7.63. The summed E-state index contributed by atoms with van der Waals surface area (Å²) in [7, 11) is 1.57. The number of fused-ring (bicyclic) bond motifs is 2. The van der Waals surface area contributed by atoms with Gasteiger partial charge in [-0.3, -0.25) is 9.59 Å². The molecule has 1 amide bonds. The molecule has 0 aromatic heterocycles. The number of carbonyl (C=O) groups is 2. The van der Waals surface area contributed by atoms with Crippen LogP contribution in [0.3, 0.4) is 0 Å². The maximum atomic E-state index is 14.9. The fourth-order valence-corrected chi connectivity index (χ4v) is 5.51. The number of nitrogens with zero attached hydrogens (tertiary/aromatic N) is 1. The highest BCUT2D eigenvalue weighted by molar-refractivity contribution is 5.80. The number of hydrogen-bond acceptors (Lipinski definition) is 5. The van der Waals surface area contributed by atoms with E-state index < -0.39 is 0 Å². The fraction of sp³-hybridized carbons (Fsp3) is 0.355. The highest BCUT2D eigenvalue weighted by Gasteiger charge is 2.30. The fourth-order valence-electron chi connectivity index (χ4n) is 5.51. The van der Waals surface area contributed by atoms with Gasteiger partial charge in [0.05, 0.1) is 26.7 Å². The van der Waals surface area contributed by atoms with Gasteiger partial charge in [0.15, 0.2) is 0 Å². The molecule has 2 aliphatic heterocycles. The monoisotopic (exact) mass is 517 g/mol. The Bertz CT molecular complexity index is 1350. The zero-order valence-corrected chi connectivity index (χ0v) is 21.8. The van der Waals surface area contributed by atoms with Crippen LogP contribution in [0.25, 0.3) is 11.1 Å². The molecular formula is C31H32FNO5. The lowest BCUT2D eigenvalue weighted by Gasteiger charge is -2.33. The largest absolute Gasteiger partial charge is 0.496 e. The van der Waals surface area contributed by atoms with Crippen molar-refractivity contribution in [1.82, 2.24) is 4.90 Å². The van der Waals surface area contributed by atoms with Crippen molar-refractivity contribution in [3.05, 3.63) is 82.7 Å². The van der Waals surface area contributed by atoms with Crippen LogP contribution in [0.2, 0.25) is 0 Å². The first kappa shape index (κ1) is 25.8. The molecule has 7 heteroatoms. The second kappa shape index (κ2) is 11.3. The first-order valence-electron chi connectivity index (χ1n) is 13.1. The van der Waals surface area contributed by atoms with E-state index in [-0.39, 0.29) is 30.0 Å². The molecule has 2 aliphatic rings. The number of halogens is 1. The SMILES string of the molecule is CCOC(=O)Cc1ccc(-c2ccc(F)c3c2CN(C(=O)CC2CCOc4ccccc42)CC3)c(OC)c1. The summed E-state index contributed by atoms with van der Waals surface area (Å²) in [6.45, 7) is 3.51. The summed E-state index contributed by atoms with van der Waals surface area (Å²) >= 11 is 0. The zero-order valence-electron chi connectivity index (χ0n) is 21.8. The third-order valence-corrected chi connectivity index (χ3v) is 7.42. The third-order valence-electron chi connectivity index (χ3n) is 7.42. The molecule has 0 saturated heterocycles. The topological polar surface area (TPSA) is 65.1 Å². The Morgan fingerprint density at radius 2 is 1.89 bits per heavy atom. The first-order valence-corrected chi connectivity index (χ1v) is 13.1. The molecule has 0 spiro atoms. The number of ether oxygens (including phenoxy) is 3. The average molecular weight is 518 g/mol. The summed E-state index contributed by atoms with van der Waals surface area (Å²) in [6.07, 6.45) is 1.78. The van der Waals surface area contributed by atoms with Crippen molar-refractivity contribution in [1.29, 1.82) is 0 Å². The molecule has 0 N–H and O–H groups in total. The van der Waals surface area contributed by atoms with Crippen molar-refractivity contribution >= 4 is 11.9 Å². The maximum Gasteiger partial charge on any atom is 0.310 e. The van der Waals surface area contributed by atoms with Gasteiger partial charge in [0, 0.05) is 25.1 Å². The lowest BCUT2D eigenvalue weighted by Crippen LogP contribution is -2.37. The molecule has 0 bridgehead atoms. The Morgan fingerprint density at radius 3 is 2.71 bits per heavy atom. The predicted octanol–water partition coefficient (Wildman–Crippen LogP) is 5.45. The minimum Gasteiger partial charge on any atom is -0.496 e. The van der Waals surface area contributed by atoms with Crippen LogP contribution in [0, 0.1) is 5.82 Å². The van der Waals surface area contributed by atoms with Crippen molar-refractivity contribution in [2.45, 2.75) is 45.1 Å². The van der Waals surface area contributed by atoms with Crippen molar-refractivity contribution in [2.75, 3.05) is 26.9 Å². The minimum absolute atomic E-state index is 0.0595. The van der Waals surface area contributed by atoms with Crippen LogP contribution in [0.5, 0.6) is 11.5 Å². The Labute approximate surface area is 222 Å². The summed E-state index contributed by atoms with van der Waals surface area (Å²) in [6, 6.07) is 16.7. The lowest BCUT2D eigenvalue weighted by atomic mass is 9.88. The maximum absolute atomic E-state index is 14.9. The molecule has 0 aliphatic carbocycles. The molecule has 3 aromatic carbocycles. The molecule has 6 nitrogen and oxygen atoms in total. The van der Waals surface area contributed by atoms with E-state index >= 15 is 0 Å². The van der Waals surface area contributed by atoms with Crippen molar-refractivity contribution in [2.24, 2.45) is 0 Å². The standard InChI is InChI=1S/C31H32FNO5/c1-3-37-31(35)17-20-8-9-25(29(16-20)36-2)23-10-11-27(32)24-12-14-33(19-26(23)24)30(34)18-21-13-15-38-28-7-5-4-6-22(21)28/h4-11,16,21H,3,12-15,17-19H2,1-2H3. The summed E-state index contributed by atoms with van der Waals surface area (Å²) in [5, 5.41) is 0. The van der Waals surface area contributed by atoms with E-state index in [0.29, 0.717) is 50.5 Å². The molecule has 0 saturated carbocycles. The van der Waals surface area contributed by atoms with E-state index in [9.17, 15) is 14.0 Å². The molecule has 0 radical (unpaired) electrons. The molecule has 1 unspecified atom stereocenters. The van der Waals surface area contributed by atoms with Crippen molar-refractivity contribution < 1.29 is 28.2 Å². The van der Waals surface area contributed by atoms with Crippen LogP contribution in [-0.4, -0.2) is 43.6 Å². The smallest absolute Gasteiger partial charge is 0.310 e. The van der Waals surface area contributed by atoms with E-state index in [4.69, 9.17) is 14.2 Å². The summed E-state index contributed by atoms with van der Waals surface area (Å²) in [5.74, 6) is 1.04. The first-order chi connectivity index (χ1) is 18.5. The second-order valence-electron chi connectivity index (χ2n) is 9.71. The normalized spacial score (nSPS) is 16.2. The van der Waals surface area contributed by atoms with Crippen molar-refractivity contribution in [3.8, 4) is 22.6 Å². The van der Waals surface area contributed by atoms with E-state index in [1.54, 1.807) is 20.1 Å². The molecule has 5 rings (SSSR count). The number of para-hydroxylation sites is 1. The number of carbonyl (C=O) groups excluding carboxylic acids is 2. The second-order valence-corrected chi connectivity index (χ2v) is 9.71. The number of esters is 1. The summed E-state index contributed by atoms with van der Waals surface area (Å²) < 4.78 is 31.4. The van der Waals surface area contributed by atoms with Gasteiger partial charge in [-0.2, -0.15) is 0 Å². The van der Waals surface area contributed by atoms with Gasteiger partial charge in [0.25, 0.3) is 0 Å². The van der Waals surface area contributed by atoms with Gasteiger partial charge in [-0.15, -0.1) is 0 Å². The predicted molar refractivity (Wildman–Crippen MR) is 142 cm³/mol. The van der Waals surface area contributed by atoms with Crippen LogP contribution in [0.4, 0.5) is 4.39 Å². The summed E-state index contributed by atoms with van der Waals surface area (Å²) in [4.78, 5) is 27.3. The molecule has 38 heavy (non-hydrogen) atoms. The quantitative estimate of drug-likeness (QED) is 0.390. The molecule has 0 fully saturated rings. The Hall–Kier alpha value is -3.87. The van der Waals surface area contributed by atoms with E-state index in [0.717, 1.165) is 40.0 Å². The molecule has 3 aromatic rings. The van der Waals surface area contributed by atoms with Crippen LogP contribution in [-0.2, 0) is 33.7 Å². The summed E-state index contributed by atoms with van der Waals surface area (Å²) in [5.41, 5.74) is 4.91. The van der Waals surface area contributed by atoms with Crippen LogP contribution in [0.1, 0.15) is 47.9 Å². The number of methoxy groups -OCH3 is 1. The van der Waals surface area contributed by atoms with Crippen LogP contribution >= 0.6 is 0 Å². The highest BCUT2D eigenvalue weighted by atomic mass is 19.1. The number of rotatable bonds is 7. The molecule has 2 heterocycles. The number of benzene rings is 3. The highest BCUT2D eigenvalue weighted by Crippen LogP contribution is 2.39. The molecule has 1 atom stereocenters. The lowest BCUT2D eigenvalue weighted by molar-refractivity contribution is -0.142. The van der Waals surface area contributed by atoms with Gasteiger partial charge in [0.1, 0.15) is 17.3 Å². The van der Waals surface area contributed by atoms with Crippen molar-refractivity contribution in [3.63, 3.8) is 0 Å². The van der Waals surface area contributed by atoms with E-state index in [1.807, 2.05) is 47.4 Å². The van der Waals surface area contributed by atoms with Crippen LogP contribution < -0.4 is 9.47 Å². The third kappa shape index (κ3) is 5.23. The van der Waals surface area contributed by atoms with Gasteiger partial charge in [-0.25, -0.2) is 4.39 Å². The van der Waals surface area contributed by atoms with Gasteiger partial charge in [-0.1, -0.05) is 36.4 Å². The molecular weight excluding hydrogens is 485 g/mol. The molecule has 198 valence electrons. The van der Waals surface area contributed by atoms with E-state index in [2.05, 4.69) is 0 Å². The van der Waals surface area contributed by atoms with Gasteiger partial charge in [0.2, 0.25) is 5.91 Å². The van der Waals surface area contributed by atoms with Gasteiger partial charge < -0.3 is 19.1 Å². The number of amides is 1.